The van der Waals surface area contributed by atoms with Gasteiger partial charge in [-0.3, -0.25) is 4.79 Å². The molecule has 3 nitrogen and oxygen atoms in total. The first-order valence-electron chi connectivity index (χ1n) is 3.19. The summed E-state index contributed by atoms with van der Waals surface area (Å²) in [6.07, 6.45) is 0. The van der Waals surface area contributed by atoms with E-state index in [4.69, 9.17) is 16.9 Å². The molecule has 0 aromatic heterocycles. The van der Waals surface area contributed by atoms with Crippen LogP contribution in [0.2, 0.25) is 5.02 Å². The van der Waals surface area contributed by atoms with Gasteiger partial charge in [0.25, 0.3) is 0 Å². The molecule has 0 saturated carbocycles. The molecule has 1 aromatic rings. The van der Waals surface area contributed by atoms with Gasteiger partial charge in [-0.1, -0.05) is 11.6 Å². The highest BCUT2D eigenvalue weighted by Crippen LogP contribution is 2.12. The van der Waals surface area contributed by atoms with E-state index < -0.39 is 5.91 Å². The summed E-state index contributed by atoms with van der Waals surface area (Å²) in [4.78, 5) is 10.6. The molecule has 0 aliphatic rings. The lowest BCUT2D eigenvalue weighted by Crippen LogP contribution is -2.07. The molecule has 12 heavy (non-hydrogen) atoms. The number of nitriles is 1. The van der Waals surface area contributed by atoms with E-state index in [1.54, 1.807) is 24.3 Å². The molecule has 0 atom stereocenters. The number of rotatable bonds is 1. The highest BCUT2D eigenvalue weighted by molar-refractivity contribution is 6.30. The number of halogens is 1. The molecule has 0 aliphatic heterocycles. The van der Waals surface area contributed by atoms with Gasteiger partial charge in [0.2, 0.25) is 0 Å². The SMILES string of the molecule is N#CC(=O)Nc1ccc(Cl)cc1. The first-order chi connectivity index (χ1) is 5.72. The van der Waals surface area contributed by atoms with Crippen LogP contribution in [0, 0.1) is 11.3 Å². The normalized spacial score (nSPS) is 8.67. The lowest BCUT2D eigenvalue weighted by molar-refractivity contribution is -0.111. The molecular formula is C8H5ClN2O. The number of hydrogen-bond donors (Lipinski definition) is 1. The van der Waals surface area contributed by atoms with Crippen LogP contribution in [0.5, 0.6) is 0 Å². The number of carbonyl (C=O) groups is 1. The summed E-state index contributed by atoms with van der Waals surface area (Å²) < 4.78 is 0. The number of anilines is 1. The molecule has 0 unspecified atom stereocenters. The number of hydrogen-bond acceptors (Lipinski definition) is 2. The van der Waals surface area contributed by atoms with E-state index in [1.807, 2.05) is 0 Å². The molecule has 0 spiro atoms. The number of carbonyl (C=O) groups excluding carboxylic acids is 1. The molecule has 60 valence electrons. The fourth-order valence-corrected chi connectivity index (χ4v) is 0.818. The van der Waals surface area contributed by atoms with Crippen LogP contribution in [-0.2, 0) is 4.79 Å². The zero-order chi connectivity index (χ0) is 8.97. The Labute approximate surface area is 74.6 Å². The van der Waals surface area contributed by atoms with Gasteiger partial charge in [-0.2, -0.15) is 5.26 Å². The molecule has 0 bridgehead atoms. The Kier molecular flexibility index (Phi) is 2.67. The number of amides is 1. The van der Waals surface area contributed by atoms with Gasteiger partial charge in [0.1, 0.15) is 0 Å². The van der Waals surface area contributed by atoms with Crippen LogP contribution in [0.3, 0.4) is 0 Å². The predicted molar refractivity (Wildman–Crippen MR) is 45.7 cm³/mol. The van der Waals surface area contributed by atoms with Crippen molar-refractivity contribution in [2.75, 3.05) is 5.32 Å². The molecule has 1 rings (SSSR count). The average Bonchev–Trinajstić information content (AvgIpc) is 2.09. The van der Waals surface area contributed by atoms with E-state index in [-0.39, 0.29) is 0 Å². The summed E-state index contributed by atoms with van der Waals surface area (Å²) in [5.74, 6) is -0.683. The minimum atomic E-state index is -0.683. The van der Waals surface area contributed by atoms with Crippen molar-refractivity contribution in [3.8, 4) is 6.07 Å². The van der Waals surface area contributed by atoms with E-state index in [0.29, 0.717) is 10.7 Å². The van der Waals surface area contributed by atoms with Crippen molar-refractivity contribution >= 4 is 23.2 Å². The second-order valence-corrected chi connectivity index (χ2v) is 2.51. The smallest absolute Gasteiger partial charge is 0.313 e. The van der Waals surface area contributed by atoms with Crippen LogP contribution in [0.15, 0.2) is 24.3 Å². The van der Waals surface area contributed by atoms with E-state index >= 15 is 0 Å². The van der Waals surface area contributed by atoms with Gasteiger partial charge in [-0.05, 0) is 24.3 Å². The highest BCUT2D eigenvalue weighted by Gasteiger charge is 1.97. The summed E-state index contributed by atoms with van der Waals surface area (Å²) in [6.45, 7) is 0. The summed E-state index contributed by atoms with van der Waals surface area (Å²) >= 11 is 5.60. The fourth-order valence-electron chi connectivity index (χ4n) is 0.692. The maximum absolute atomic E-state index is 10.6. The lowest BCUT2D eigenvalue weighted by Gasteiger charge is -1.98. The van der Waals surface area contributed by atoms with Crippen molar-refractivity contribution in [1.82, 2.24) is 0 Å². The van der Waals surface area contributed by atoms with Crippen LogP contribution in [0.1, 0.15) is 0 Å². The highest BCUT2D eigenvalue weighted by atomic mass is 35.5. The van der Waals surface area contributed by atoms with Crippen molar-refractivity contribution in [1.29, 1.82) is 5.26 Å². The van der Waals surface area contributed by atoms with Crippen molar-refractivity contribution in [2.45, 2.75) is 0 Å². The zero-order valence-corrected chi connectivity index (χ0v) is 6.80. The molecule has 1 amide bonds. The molecule has 4 heteroatoms. The standard InChI is InChI=1S/C8H5ClN2O/c9-6-1-3-7(4-2-6)11-8(12)5-10/h1-4H,(H,11,12). The minimum absolute atomic E-state index is 0.561. The topological polar surface area (TPSA) is 52.9 Å². The quantitative estimate of drug-likeness (QED) is 0.670. The number of nitrogens with zero attached hydrogens (tertiary/aromatic N) is 1. The average molecular weight is 181 g/mol. The molecule has 0 fully saturated rings. The number of benzene rings is 1. The first kappa shape index (κ1) is 8.57. The van der Waals surface area contributed by atoms with Crippen LogP contribution in [0.4, 0.5) is 5.69 Å². The van der Waals surface area contributed by atoms with Crippen LogP contribution in [0.25, 0.3) is 0 Å². The minimum Gasteiger partial charge on any atom is -0.313 e. The summed E-state index contributed by atoms with van der Waals surface area (Å²) in [5, 5.41) is 11.1. The Balaban J connectivity index is 2.73. The predicted octanol–water partition coefficient (Wildman–Crippen LogP) is 1.80. The second-order valence-electron chi connectivity index (χ2n) is 2.07. The van der Waals surface area contributed by atoms with Crippen molar-refractivity contribution < 1.29 is 4.79 Å². The third-order valence-electron chi connectivity index (χ3n) is 1.20. The van der Waals surface area contributed by atoms with Gasteiger partial charge >= 0.3 is 5.91 Å². The van der Waals surface area contributed by atoms with Gasteiger partial charge in [0.15, 0.2) is 6.07 Å². The summed E-state index contributed by atoms with van der Waals surface area (Å²) in [6, 6.07) is 7.96. The van der Waals surface area contributed by atoms with Crippen molar-refractivity contribution in [3.05, 3.63) is 29.3 Å². The van der Waals surface area contributed by atoms with Crippen LogP contribution < -0.4 is 5.32 Å². The fraction of sp³-hybridized carbons (Fsp3) is 0. The zero-order valence-electron chi connectivity index (χ0n) is 6.04. The third kappa shape index (κ3) is 2.26. The van der Waals surface area contributed by atoms with Gasteiger partial charge in [-0.15, -0.1) is 0 Å². The maximum Gasteiger partial charge on any atom is 0.326 e. The summed E-state index contributed by atoms with van der Waals surface area (Å²) in [7, 11) is 0. The molecule has 1 aromatic carbocycles. The van der Waals surface area contributed by atoms with E-state index in [9.17, 15) is 4.79 Å². The maximum atomic E-state index is 10.6. The largest absolute Gasteiger partial charge is 0.326 e. The van der Waals surface area contributed by atoms with Gasteiger partial charge in [0.05, 0.1) is 0 Å². The Morgan fingerprint density at radius 3 is 2.50 bits per heavy atom. The lowest BCUT2D eigenvalue weighted by atomic mass is 10.3. The molecule has 1 N–H and O–H groups in total. The van der Waals surface area contributed by atoms with Crippen LogP contribution >= 0.6 is 11.6 Å². The molecule has 0 saturated heterocycles. The molecular weight excluding hydrogens is 176 g/mol. The second kappa shape index (κ2) is 3.74. The molecule has 0 heterocycles. The monoisotopic (exact) mass is 180 g/mol. The van der Waals surface area contributed by atoms with E-state index in [0.717, 1.165) is 0 Å². The van der Waals surface area contributed by atoms with Crippen molar-refractivity contribution in [3.63, 3.8) is 0 Å². The number of nitrogens with one attached hydrogen (secondary N) is 1. The first-order valence-corrected chi connectivity index (χ1v) is 3.57. The van der Waals surface area contributed by atoms with E-state index in [2.05, 4.69) is 5.32 Å². The molecule has 0 radical (unpaired) electrons. The van der Waals surface area contributed by atoms with Crippen molar-refractivity contribution in [2.24, 2.45) is 0 Å². The Hall–Kier alpha value is -1.53. The Morgan fingerprint density at radius 2 is 2.00 bits per heavy atom. The molecule has 0 aliphatic carbocycles. The Bertz CT molecular complexity index is 326. The Morgan fingerprint density at radius 1 is 1.42 bits per heavy atom. The van der Waals surface area contributed by atoms with Gasteiger partial charge < -0.3 is 5.32 Å². The van der Waals surface area contributed by atoms with Crippen LogP contribution in [-0.4, -0.2) is 5.91 Å². The van der Waals surface area contributed by atoms with E-state index in [1.165, 1.54) is 6.07 Å². The third-order valence-corrected chi connectivity index (χ3v) is 1.46. The van der Waals surface area contributed by atoms with Gasteiger partial charge in [0, 0.05) is 10.7 Å². The summed E-state index contributed by atoms with van der Waals surface area (Å²) in [5.41, 5.74) is 0.561. The van der Waals surface area contributed by atoms with Gasteiger partial charge in [-0.25, -0.2) is 0 Å².